The molecule has 2 aromatic rings. The number of hydrogen-bond donors (Lipinski definition) is 0. The van der Waals surface area contributed by atoms with Crippen molar-refractivity contribution >= 4 is 11.9 Å². The van der Waals surface area contributed by atoms with Gasteiger partial charge in [0.25, 0.3) is 0 Å². The zero-order valence-corrected chi connectivity index (χ0v) is 11.7. The molecule has 0 N–H and O–H groups in total. The molecule has 0 radical (unpaired) electrons. The van der Waals surface area contributed by atoms with Gasteiger partial charge in [0, 0.05) is 11.5 Å². The van der Waals surface area contributed by atoms with Gasteiger partial charge in [-0.2, -0.15) is 0 Å². The molecule has 1 heterocycles. The molecule has 0 saturated heterocycles. The standard InChI is InChI=1S/C18H15NO2/c1-12-7-9-13(10-8-12)15-11-18(15)17(20)21-16(19-18)14-5-3-2-4-6-14/h2-10,15H,11H2,1H3/t15-,18+/m0/s1. The molecule has 1 aliphatic carbocycles. The molecule has 1 aliphatic heterocycles. The first-order valence-electron chi connectivity index (χ1n) is 7.13. The molecule has 0 amide bonds. The van der Waals surface area contributed by atoms with Crippen molar-refractivity contribution in [1.82, 2.24) is 0 Å². The number of aryl methyl sites for hydroxylation is 1. The number of esters is 1. The van der Waals surface area contributed by atoms with Crippen LogP contribution in [0.15, 0.2) is 59.6 Å². The Kier molecular flexibility index (Phi) is 2.52. The number of ether oxygens (including phenoxy) is 1. The molecule has 4 rings (SSSR count). The van der Waals surface area contributed by atoms with Crippen molar-refractivity contribution in [2.75, 3.05) is 0 Å². The van der Waals surface area contributed by atoms with E-state index in [0.717, 1.165) is 17.5 Å². The molecule has 0 unspecified atom stereocenters. The van der Waals surface area contributed by atoms with Gasteiger partial charge in [0.15, 0.2) is 5.54 Å². The highest BCUT2D eigenvalue weighted by atomic mass is 16.6. The highest BCUT2D eigenvalue weighted by molar-refractivity contribution is 6.09. The summed E-state index contributed by atoms with van der Waals surface area (Å²) in [7, 11) is 0. The van der Waals surface area contributed by atoms with Crippen molar-refractivity contribution < 1.29 is 9.53 Å². The third-order valence-corrected chi connectivity index (χ3v) is 4.28. The maximum atomic E-state index is 12.3. The fourth-order valence-corrected chi connectivity index (χ4v) is 2.92. The highest BCUT2D eigenvalue weighted by Gasteiger charge is 2.65. The van der Waals surface area contributed by atoms with Gasteiger partial charge < -0.3 is 4.74 Å². The zero-order valence-electron chi connectivity index (χ0n) is 11.7. The van der Waals surface area contributed by atoms with E-state index in [-0.39, 0.29) is 11.9 Å². The van der Waals surface area contributed by atoms with Gasteiger partial charge in [0.05, 0.1) is 0 Å². The van der Waals surface area contributed by atoms with Crippen molar-refractivity contribution in [1.29, 1.82) is 0 Å². The fraction of sp³-hybridized carbons (Fsp3) is 0.222. The minimum Gasteiger partial charge on any atom is -0.405 e. The first kappa shape index (κ1) is 12.3. The van der Waals surface area contributed by atoms with E-state index in [2.05, 4.69) is 36.2 Å². The third-order valence-electron chi connectivity index (χ3n) is 4.28. The predicted octanol–water partition coefficient (Wildman–Crippen LogP) is 3.22. The molecule has 104 valence electrons. The largest absolute Gasteiger partial charge is 0.405 e. The molecule has 3 nitrogen and oxygen atoms in total. The molecule has 21 heavy (non-hydrogen) atoms. The summed E-state index contributed by atoms with van der Waals surface area (Å²) < 4.78 is 5.41. The number of hydrogen-bond acceptors (Lipinski definition) is 3. The van der Waals surface area contributed by atoms with Crippen molar-refractivity contribution in [3.05, 3.63) is 71.3 Å². The Morgan fingerprint density at radius 2 is 1.81 bits per heavy atom. The lowest BCUT2D eigenvalue weighted by atomic mass is 10.1. The van der Waals surface area contributed by atoms with Crippen LogP contribution in [0.1, 0.15) is 29.0 Å². The van der Waals surface area contributed by atoms with Crippen LogP contribution in [0, 0.1) is 6.92 Å². The number of rotatable bonds is 2. The van der Waals surface area contributed by atoms with Crippen LogP contribution < -0.4 is 0 Å². The van der Waals surface area contributed by atoms with Crippen molar-refractivity contribution in [3.63, 3.8) is 0 Å². The average Bonchev–Trinajstić information content (AvgIpc) is 3.14. The van der Waals surface area contributed by atoms with Gasteiger partial charge in [0.2, 0.25) is 5.90 Å². The lowest BCUT2D eigenvalue weighted by Crippen LogP contribution is -2.18. The van der Waals surface area contributed by atoms with E-state index in [1.165, 1.54) is 5.56 Å². The van der Waals surface area contributed by atoms with E-state index < -0.39 is 5.54 Å². The van der Waals surface area contributed by atoms with Crippen molar-refractivity contribution in [2.45, 2.75) is 24.8 Å². The summed E-state index contributed by atoms with van der Waals surface area (Å²) in [6, 6.07) is 17.9. The summed E-state index contributed by atoms with van der Waals surface area (Å²) in [5.41, 5.74) is 2.56. The molecular weight excluding hydrogens is 262 g/mol. The Morgan fingerprint density at radius 1 is 1.10 bits per heavy atom. The van der Waals surface area contributed by atoms with Crippen LogP contribution in [0.5, 0.6) is 0 Å². The van der Waals surface area contributed by atoms with Gasteiger partial charge in [-0.3, -0.25) is 0 Å². The molecule has 1 saturated carbocycles. The molecule has 2 aromatic carbocycles. The van der Waals surface area contributed by atoms with Gasteiger partial charge >= 0.3 is 5.97 Å². The monoisotopic (exact) mass is 277 g/mol. The Balaban J connectivity index is 1.66. The maximum Gasteiger partial charge on any atom is 0.341 e. The normalized spacial score (nSPS) is 26.6. The van der Waals surface area contributed by atoms with Gasteiger partial charge in [0.1, 0.15) is 0 Å². The first-order valence-corrected chi connectivity index (χ1v) is 7.13. The van der Waals surface area contributed by atoms with Crippen LogP contribution in [0.2, 0.25) is 0 Å². The third kappa shape index (κ3) is 1.88. The van der Waals surface area contributed by atoms with Crippen molar-refractivity contribution in [3.8, 4) is 0 Å². The van der Waals surface area contributed by atoms with Gasteiger partial charge in [-0.25, -0.2) is 9.79 Å². The Morgan fingerprint density at radius 3 is 2.52 bits per heavy atom. The number of nitrogens with zero attached hydrogens (tertiary/aromatic N) is 1. The number of carbonyl (C=O) groups excluding carboxylic acids is 1. The van der Waals surface area contributed by atoms with E-state index in [1.54, 1.807) is 0 Å². The summed E-state index contributed by atoms with van der Waals surface area (Å²) in [6.07, 6.45) is 0.741. The van der Waals surface area contributed by atoms with E-state index in [4.69, 9.17) is 4.74 Å². The predicted molar refractivity (Wildman–Crippen MR) is 80.3 cm³/mol. The number of aliphatic imine (C=N–C) groups is 1. The summed E-state index contributed by atoms with van der Waals surface area (Å²) in [6.45, 7) is 2.06. The molecule has 0 aromatic heterocycles. The lowest BCUT2D eigenvalue weighted by Gasteiger charge is -2.03. The summed E-state index contributed by atoms with van der Waals surface area (Å²) in [5.74, 6) is 0.383. The van der Waals surface area contributed by atoms with E-state index in [1.807, 2.05) is 30.3 Å². The van der Waals surface area contributed by atoms with Gasteiger partial charge in [-0.05, 0) is 31.0 Å². The molecule has 2 aliphatic rings. The molecular formula is C18H15NO2. The average molecular weight is 277 g/mol. The minimum absolute atomic E-state index is 0.145. The van der Waals surface area contributed by atoms with Crippen LogP contribution in [0.4, 0.5) is 0 Å². The second-order valence-electron chi connectivity index (χ2n) is 5.76. The van der Waals surface area contributed by atoms with Crippen LogP contribution in [-0.4, -0.2) is 17.4 Å². The molecule has 0 bridgehead atoms. The molecule has 1 fully saturated rings. The Hall–Kier alpha value is -2.42. The SMILES string of the molecule is Cc1ccc([C@@H]2C[C@@]23N=C(c2ccccc2)OC3=O)cc1. The van der Waals surface area contributed by atoms with Crippen LogP contribution >= 0.6 is 0 Å². The van der Waals surface area contributed by atoms with Crippen molar-refractivity contribution in [2.24, 2.45) is 4.99 Å². The van der Waals surface area contributed by atoms with Crippen LogP contribution in [0.25, 0.3) is 0 Å². The second-order valence-corrected chi connectivity index (χ2v) is 5.76. The van der Waals surface area contributed by atoms with Gasteiger partial charge in [-0.15, -0.1) is 0 Å². The van der Waals surface area contributed by atoms with Crippen LogP contribution in [-0.2, 0) is 9.53 Å². The molecule has 3 heteroatoms. The first-order chi connectivity index (χ1) is 10.2. The zero-order chi connectivity index (χ0) is 14.4. The second kappa shape index (κ2) is 4.29. The number of cyclic esters (lactones) is 1. The topological polar surface area (TPSA) is 38.7 Å². The van der Waals surface area contributed by atoms with Gasteiger partial charge in [-0.1, -0.05) is 48.0 Å². The van der Waals surface area contributed by atoms with Crippen LogP contribution in [0.3, 0.4) is 0 Å². The summed E-state index contributed by atoms with van der Waals surface area (Å²) >= 11 is 0. The smallest absolute Gasteiger partial charge is 0.341 e. The molecule has 1 spiro atoms. The maximum absolute atomic E-state index is 12.3. The van der Waals surface area contributed by atoms with E-state index in [0.29, 0.717) is 5.90 Å². The summed E-state index contributed by atoms with van der Waals surface area (Å²) in [5, 5.41) is 0. The molecule has 2 atom stereocenters. The quantitative estimate of drug-likeness (QED) is 0.790. The number of benzene rings is 2. The fourth-order valence-electron chi connectivity index (χ4n) is 2.92. The minimum atomic E-state index is -0.680. The Labute approximate surface area is 123 Å². The summed E-state index contributed by atoms with van der Waals surface area (Å²) in [4.78, 5) is 16.9. The highest BCUT2D eigenvalue weighted by Crippen LogP contribution is 2.57. The van der Waals surface area contributed by atoms with E-state index >= 15 is 0 Å². The van der Waals surface area contributed by atoms with E-state index in [9.17, 15) is 4.79 Å². The number of carbonyl (C=O) groups is 1. The Bertz CT molecular complexity index is 734. The lowest BCUT2D eigenvalue weighted by molar-refractivity contribution is -0.136.